The van der Waals surface area contributed by atoms with Gasteiger partial charge >= 0.3 is 12.4 Å². The molecule has 2 aromatic rings. The maximum Gasteiger partial charge on any atom is 0.416 e. The van der Waals surface area contributed by atoms with Gasteiger partial charge in [0.05, 0.1) is 23.8 Å². The Morgan fingerprint density at radius 3 is 2.13 bits per heavy atom. The normalized spacial score (nSPS) is 25.7. The van der Waals surface area contributed by atoms with Gasteiger partial charge in [0.2, 0.25) is 0 Å². The van der Waals surface area contributed by atoms with Gasteiger partial charge < -0.3 is 9.64 Å². The van der Waals surface area contributed by atoms with E-state index in [0.29, 0.717) is 31.7 Å². The van der Waals surface area contributed by atoms with Crippen LogP contribution in [-0.4, -0.2) is 36.5 Å². The average Bonchev–Trinajstić information content (AvgIpc) is 3.49. The van der Waals surface area contributed by atoms with E-state index in [9.17, 15) is 35.5 Å². The third-order valence-electron chi connectivity index (χ3n) is 8.16. The van der Waals surface area contributed by atoms with Gasteiger partial charge in [-0.2, -0.15) is 26.3 Å². The van der Waals surface area contributed by atoms with E-state index in [4.69, 9.17) is 4.74 Å². The highest BCUT2D eigenvalue weighted by Gasteiger charge is 2.46. The van der Waals surface area contributed by atoms with Crippen molar-refractivity contribution < 1.29 is 40.3 Å². The molecular formula is C29H28F7NO2. The molecule has 0 amide bonds. The molecule has 1 heterocycles. The summed E-state index contributed by atoms with van der Waals surface area (Å²) >= 11 is 0. The van der Waals surface area contributed by atoms with Crippen LogP contribution in [-0.2, 0) is 28.3 Å². The molecule has 2 aliphatic carbocycles. The minimum atomic E-state index is -4.91. The quantitative estimate of drug-likeness (QED) is 0.354. The molecule has 4 atom stereocenters. The molecule has 1 saturated carbocycles. The minimum absolute atomic E-state index is 0.0538. The number of nitrogens with zero attached hydrogens (tertiary/aromatic N) is 1. The van der Waals surface area contributed by atoms with Gasteiger partial charge in [0.25, 0.3) is 0 Å². The van der Waals surface area contributed by atoms with Crippen LogP contribution in [0.15, 0.2) is 54.2 Å². The Morgan fingerprint density at radius 1 is 0.872 bits per heavy atom. The number of carbonyl (C=O) groups excluding carboxylic acids is 1. The van der Waals surface area contributed by atoms with E-state index in [0.717, 1.165) is 36.4 Å². The maximum absolute atomic E-state index is 13.7. The molecule has 0 bridgehead atoms. The first-order chi connectivity index (χ1) is 18.4. The fourth-order valence-corrected chi connectivity index (χ4v) is 6.33. The molecule has 0 N–H and O–H groups in total. The van der Waals surface area contributed by atoms with Crippen molar-refractivity contribution in [1.82, 2.24) is 4.90 Å². The van der Waals surface area contributed by atoms with Crippen molar-refractivity contribution in [2.75, 3.05) is 19.7 Å². The van der Waals surface area contributed by atoms with Crippen molar-refractivity contribution in [2.45, 2.75) is 56.5 Å². The zero-order valence-corrected chi connectivity index (χ0v) is 21.0. The smallest absolute Gasteiger partial charge is 0.377 e. The van der Waals surface area contributed by atoms with Crippen molar-refractivity contribution in [2.24, 2.45) is 11.8 Å². The van der Waals surface area contributed by atoms with E-state index in [2.05, 4.69) is 4.90 Å². The van der Waals surface area contributed by atoms with Gasteiger partial charge in [-0.15, -0.1) is 0 Å². The highest BCUT2D eigenvalue weighted by Crippen LogP contribution is 2.48. The number of allylic oxidation sites excluding steroid dienone is 2. The van der Waals surface area contributed by atoms with Crippen LogP contribution < -0.4 is 0 Å². The third-order valence-corrected chi connectivity index (χ3v) is 8.16. The van der Waals surface area contributed by atoms with Crippen molar-refractivity contribution in [3.05, 3.63) is 82.3 Å². The minimum Gasteiger partial charge on any atom is -0.377 e. The zero-order chi connectivity index (χ0) is 27.9. The van der Waals surface area contributed by atoms with Gasteiger partial charge in [0.1, 0.15) is 5.82 Å². The van der Waals surface area contributed by atoms with Gasteiger partial charge in [-0.05, 0) is 79.0 Å². The fraction of sp³-hybridized carbons (Fsp3) is 0.483. The van der Waals surface area contributed by atoms with Gasteiger partial charge in [-0.1, -0.05) is 12.1 Å². The number of fused-ring (bicyclic) bond motifs is 1. The summed E-state index contributed by atoms with van der Waals surface area (Å²) in [5.41, 5.74) is -0.887. The molecule has 1 saturated heterocycles. The van der Waals surface area contributed by atoms with Crippen LogP contribution in [0.2, 0.25) is 0 Å². The lowest BCUT2D eigenvalue weighted by atomic mass is 9.69. The standard InChI is InChI=1S/C29H28F7NO2/c30-22-4-1-18(2-5-22)27-25-16-37(23-6-7-24(38)14-23)15-19(25)3-8-26(27)39-10-9-17-11-20(28(31,32)33)13-21(12-17)29(34,35)36/h1-2,4-5,11-14,19,25-27H,3,6-10,15-16H2/t19-,25-,26+,27+/m1/s1. The predicted octanol–water partition coefficient (Wildman–Crippen LogP) is 7.16. The van der Waals surface area contributed by atoms with Gasteiger partial charge in [0, 0.05) is 37.2 Å². The van der Waals surface area contributed by atoms with Crippen LogP contribution in [0, 0.1) is 17.7 Å². The number of ether oxygens (including phenoxy) is 1. The molecule has 39 heavy (non-hydrogen) atoms. The van der Waals surface area contributed by atoms with Crippen molar-refractivity contribution in [3.8, 4) is 0 Å². The lowest BCUT2D eigenvalue weighted by Crippen LogP contribution is -2.38. The molecule has 5 rings (SSSR count). The summed E-state index contributed by atoms with van der Waals surface area (Å²) < 4.78 is 99.4. The second kappa shape index (κ2) is 10.6. The highest BCUT2D eigenvalue weighted by molar-refractivity contribution is 5.92. The van der Waals surface area contributed by atoms with Crippen LogP contribution >= 0.6 is 0 Å². The number of halogens is 7. The lowest BCUT2D eigenvalue weighted by molar-refractivity contribution is -0.143. The van der Waals surface area contributed by atoms with Crippen molar-refractivity contribution in [3.63, 3.8) is 0 Å². The summed E-state index contributed by atoms with van der Waals surface area (Å²) in [7, 11) is 0. The van der Waals surface area contributed by atoms with Gasteiger partial charge in [0.15, 0.2) is 5.78 Å². The first kappa shape index (κ1) is 27.7. The summed E-state index contributed by atoms with van der Waals surface area (Å²) in [4.78, 5) is 14.0. The van der Waals surface area contributed by atoms with E-state index >= 15 is 0 Å². The summed E-state index contributed by atoms with van der Waals surface area (Å²) in [5, 5.41) is 0. The summed E-state index contributed by atoms with van der Waals surface area (Å²) in [6.07, 6.45) is -5.86. The Balaban J connectivity index is 1.34. The Hall–Kier alpha value is -2.88. The number of likely N-dealkylation sites (tertiary alicyclic amines) is 1. The second-order valence-electron chi connectivity index (χ2n) is 10.7. The van der Waals surface area contributed by atoms with Gasteiger partial charge in [-0.3, -0.25) is 4.79 Å². The molecule has 10 heteroatoms. The molecule has 1 aliphatic heterocycles. The number of alkyl halides is 6. The predicted molar refractivity (Wildman–Crippen MR) is 129 cm³/mol. The number of benzene rings is 2. The topological polar surface area (TPSA) is 29.5 Å². The van der Waals surface area contributed by atoms with Gasteiger partial charge in [-0.25, -0.2) is 4.39 Å². The first-order valence-corrected chi connectivity index (χ1v) is 13.0. The molecule has 3 aliphatic rings. The van der Waals surface area contributed by atoms with E-state index in [1.165, 1.54) is 12.1 Å². The molecule has 0 aromatic heterocycles. The first-order valence-electron chi connectivity index (χ1n) is 13.0. The fourth-order valence-electron chi connectivity index (χ4n) is 6.33. The summed E-state index contributed by atoms with van der Waals surface area (Å²) in [5.74, 6) is 0.0838. The number of ketones is 1. The molecule has 2 fully saturated rings. The molecule has 0 radical (unpaired) electrons. The van der Waals surface area contributed by atoms with E-state index in [-0.39, 0.29) is 54.2 Å². The van der Waals surface area contributed by atoms with Crippen LogP contribution in [0.3, 0.4) is 0 Å². The second-order valence-corrected chi connectivity index (χ2v) is 10.7. The maximum atomic E-state index is 13.7. The third kappa shape index (κ3) is 6.15. The Kier molecular flexibility index (Phi) is 7.52. The Morgan fingerprint density at radius 2 is 1.54 bits per heavy atom. The molecule has 210 valence electrons. The molecule has 0 unspecified atom stereocenters. The van der Waals surface area contributed by atoms with E-state index in [1.54, 1.807) is 18.2 Å². The molecule has 2 aromatic carbocycles. The van der Waals surface area contributed by atoms with Crippen molar-refractivity contribution in [1.29, 1.82) is 0 Å². The largest absolute Gasteiger partial charge is 0.416 e. The number of hydrogen-bond acceptors (Lipinski definition) is 3. The Bertz CT molecular complexity index is 1200. The molecule has 3 nitrogen and oxygen atoms in total. The van der Waals surface area contributed by atoms with Crippen LogP contribution in [0.25, 0.3) is 0 Å². The monoisotopic (exact) mass is 555 g/mol. The highest BCUT2D eigenvalue weighted by atomic mass is 19.4. The summed E-state index contributed by atoms with van der Waals surface area (Å²) in [6, 6.07) is 7.76. The van der Waals surface area contributed by atoms with E-state index < -0.39 is 23.5 Å². The SMILES string of the molecule is O=C1C=C(N2C[C@H]3CC[C@H](OCCc4cc(C(F)(F)F)cc(C(F)(F)F)c4)[C@@H](c4ccc(F)cc4)[C@@H]3C2)CC1. The lowest BCUT2D eigenvalue weighted by Gasteiger charge is -2.39. The number of carbonyl (C=O) groups is 1. The Labute approximate surface area is 221 Å². The molecule has 0 spiro atoms. The van der Waals surface area contributed by atoms with E-state index in [1.807, 2.05) is 0 Å². The number of hydrogen-bond donors (Lipinski definition) is 0. The zero-order valence-electron chi connectivity index (χ0n) is 21.0. The van der Waals surface area contributed by atoms with Crippen LogP contribution in [0.4, 0.5) is 30.7 Å². The van der Waals surface area contributed by atoms with Crippen LogP contribution in [0.5, 0.6) is 0 Å². The average molecular weight is 556 g/mol. The van der Waals surface area contributed by atoms with Crippen LogP contribution in [0.1, 0.15) is 53.9 Å². The van der Waals surface area contributed by atoms with Crippen molar-refractivity contribution >= 4 is 5.78 Å². The summed E-state index contributed by atoms with van der Waals surface area (Å²) in [6.45, 7) is 1.45. The number of rotatable bonds is 6. The molecular weight excluding hydrogens is 527 g/mol.